The lowest BCUT2D eigenvalue weighted by Crippen LogP contribution is -2.48. The SMILES string of the molecule is COc1cccc2c1cc(C(N)=O)n2[C@@H](CC(C)C)C(=O)N[C@@H](Cc1cccnc1)C(N)=O. The van der Waals surface area contributed by atoms with Crippen LogP contribution in [0.3, 0.4) is 0 Å². The standard InChI is InChI=1S/C24H29N5O4/c1-14(2)10-20(24(32)28-17(22(25)30)11-15-6-5-9-27-13-15)29-18-7-4-8-21(33-3)16(18)12-19(29)23(26)31/h4-9,12-14,17,20H,10-11H2,1-3H3,(H2,25,30)(H2,26,31)(H,28,32)/t17-,20-/m0/s1. The van der Waals surface area contributed by atoms with Crippen molar-refractivity contribution in [1.29, 1.82) is 0 Å². The molecule has 2 aromatic heterocycles. The minimum atomic E-state index is -0.940. The van der Waals surface area contributed by atoms with E-state index in [-0.39, 0.29) is 18.0 Å². The molecule has 9 heteroatoms. The molecule has 0 bridgehead atoms. The van der Waals surface area contributed by atoms with Crippen molar-refractivity contribution in [3.8, 4) is 5.75 Å². The van der Waals surface area contributed by atoms with E-state index in [1.54, 1.807) is 53.4 Å². The number of aromatic nitrogens is 2. The van der Waals surface area contributed by atoms with Crippen molar-refractivity contribution >= 4 is 28.6 Å². The Balaban J connectivity index is 2.04. The summed E-state index contributed by atoms with van der Waals surface area (Å²) in [5, 5.41) is 3.44. The maximum absolute atomic E-state index is 13.5. The monoisotopic (exact) mass is 451 g/mol. The molecule has 0 radical (unpaired) electrons. The number of benzene rings is 1. The predicted molar refractivity (Wildman–Crippen MR) is 125 cm³/mol. The van der Waals surface area contributed by atoms with Crippen molar-refractivity contribution in [2.24, 2.45) is 17.4 Å². The number of primary amides is 2. The summed E-state index contributed by atoms with van der Waals surface area (Å²) in [7, 11) is 1.53. The van der Waals surface area contributed by atoms with E-state index in [9.17, 15) is 14.4 Å². The Labute approximate surface area is 192 Å². The Morgan fingerprint density at radius 2 is 1.91 bits per heavy atom. The topological polar surface area (TPSA) is 142 Å². The number of carbonyl (C=O) groups is 3. The van der Waals surface area contributed by atoms with Crippen LogP contribution in [-0.4, -0.2) is 40.4 Å². The third-order valence-electron chi connectivity index (χ3n) is 5.45. The summed E-state index contributed by atoms with van der Waals surface area (Å²) in [6.45, 7) is 3.94. The van der Waals surface area contributed by atoms with Crippen molar-refractivity contribution in [2.45, 2.75) is 38.8 Å². The second kappa shape index (κ2) is 10.2. The van der Waals surface area contributed by atoms with Crippen LogP contribution in [0.25, 0.3) is 10.9 Å². The van der Waals surface area contributed by atoms with Gasteiger partial charge in [-0.2, -0.15) is 0 Å². The van der Waals surface area contributed by atoms with E-state index in [2.05, 4.69) is 10.3 Å². The number of hydrogen-bond acceptors (Lipinski definition) is 5. The van der Waals surface area contributed by atoms with Gasteiger partial charge in [0, 0.05) is 24.2 Å². The fourth-order valence-corrected chi connectivity index (χ4v) is 3.95. The van der Waals surface area contributed by atoms with Crippen LogP contribution in [0, 0.1) is 5.92 Å². The number of nitrogens with one attached hydrogen (secondary N) is 1. The van der Waals surface area contributed by atoms with Gasteiger partial charge in [-0.15, -0.1) is 0 Å². The van der Waals surface area contributed by atoms with Crippen LogP contribution < -0.4 is 21.5 Å². The van der Waals surface area contributed by atoms with Crippen LogP contribution in [0.5, 0.6) is 5.75 Å². The zero-order valence-electron chi connectivity index (χ0n) is 18.9. The molecular formula is C24H29N5O4. The lowest BCUT2D eigenvalue weighted by molar-refractivity contribution is -0.129. The Morgan fingerprint density at radius 1 is 1.15 bits per heavy atom. The second-order valence-electron chi connectivity index (χ2n) is 8.33. The highest BCUT2D eigenvalue weighted by Crippen LogP contribution is 2.33. The van der Waals surface area contributed by atoms with E-state index in [1.807, 2.05) is 13.8 Å². The molecule has 0 aliphatic heterocycles. The van der Waals surface area contributed by atoms with Gasteiger partial charge in [-0.05, 0) is 42.2 Å². The molecule has 0 saturated carbocycles. The summed E-state index contributed by atoms with van der Waals surface area (Å²) in [6.07, 6.45) is 3.85. The molecular weight excluding hydrogens is 422 g/mol. The molecule has 2 atom stereocenters. The average molecular weight is 452 g/mol. The number of carbonyl (C=O) groups excluding carboxylic acids is 3. The lowest BCUT2D eigenvalue weighted by atomic mass is 10.0. The number of nitrogens with two attached hydrogens (primary N) is 2. The summed E-state index contributed by atoms with van der Waals surface area (Å²) >= 11 is 0. The van der Waals surface area contributed by atoms with Crippen LogP contribution in [0.4, 0.5) is 0 Å². The number of hydrogen-bond donors (Lipinski definition) is 3. The van der Waals surface area contributed by atoms with Gasteiger partial charge in [-0.3, -0.25) is 19.4 Å². The third kappa shape index (κ3) is 5.31. The number of pyridine rings is 1. The highest BCUT2D eigenvalue weighted by molar-refractivity contribution is 6.01. The Hall–Kier alpha value is -3.88. The van der Waals surface area contributed by atoms with E-state index in [1.165, 1.54) is 7.11 Å². The Kier molecular flexibility index (Phi) is 7.32. The molecule has 3 aromatic rings. The Bertz CT molecular complexity index is 1160. The van der Waals surface area contributed by atoms with Gasteiger partial charge in [0.05, 0.1) is 12.6 Å². The largest absolute Gasteiger partial charge is 0.496 e. The van der Waals surface area contributed by atoms with Gasteiger partial charge in [0.2, 0.25) is 11.8 Å². The molecule has 0 aliphatic rings. The molecule has 9 nitrogen and oxygen atoms in total. The normalized spacial score (nSPS) is 13.0. The summed E-state index contributed by atoms with van der Waals surface area (Å²) in [5.41, 5.74) is 12.8. The number of fused-ring (bicyclic) bond motifs is 1. The average Bonchev–Trinajstić information content (AvgIpc) is 3.17. The lowest BCUT2D eigenvalue weighted by Gasteiger charge is -2.25. The first-order valence-electron chi connectivity index (χ1n) is 10.7. The van der Waals surface area contributed by atoms with E-state index >= 15 is 0 Å². The van der Waals surface area contributed by atoms with Crippen molar-refractivity contribution in [3.05, 3.63) is 60.0 Å². The molecule has 0 fully saturated rings. The molecule has 33 heavy (non-hydrogen) atoms. The molecule has 3 amide bonds. The van der Waals surface area contributed by atoms with E-state index in [0.29, 0.717) is 23.1 Å². The fraction of sp³-hybridized carbons (Fsp3) is 0.333. The zero-order chi connectivity index (χ0) is 24.1. The minimum absolute atomic E-state index is 0.106. The minimum Gasteiger partial charge on any atom is -0.496 e. The van der Waals surface area contributed by atoms with Gasteiger partial charge in [0.1, 0.15) is 23.5 Å². The third-order valence-corrected chi connectivity index (χ3v) is 5.45. The highest BCUT2D eigenvalue weighted by atomic mass is 16.5. The molecule has 5 N–H and O–H groups in total. The first-order valence-corrected chi connectivity index (χ1v) is 10.7. The van der Waals surface area contributed by atoms with Gasteiger partial charge >= 0.3 is 0 Å². The smallest absolute Gasteiger partial charge is 0.265 e. The van der Waals surface area contributed by atoms with Gasteiger partial charge in [0.25, 0.3) is 5.91 Å². The van der Waals surface area contributed by atoms with E-state index in [0.717, 1.165) is 5.56 Å². The van der Waals surface area contributed by atoms with Crippen LogP contribution in [0.2, 0.25) is 0 Å². The van der Waals surface area contributed by atoms with Crippen molar-refractivity contribution in [3.63, 3.8) is 0 Å². The molecule has 0 saturated heterocycles. The number of rotatable bonds is 10. The molecule has 0 unspecified atom stereocenters. The van der Waals surface area contributed by atoms with Crippen molar-refractivity contribution < 1.29 is 19.1 Å². The maximum atomic E-state index is 13.5. The van der Waals surface area contributed by atoms with Crippen LogP contribution in [0.15, 0.2) is 48.8 Å². The summed E-state index contributed by atoms with van der Waals surface area (Å²) < 4.78 is 7.05. The Morgan fingerprint density at radius 3 is 2.48 bits per heavy atom. The summed E-state index contributed by atoms with van der Waals surface area (Å²) in [6, 6.07) is 8.78. The van der Waals surface area contributed by atoms with Gasteiger partial charge in [-0.25, -0.2) is 0 Å². The zero-order valence-corrected chi connectivity index (χ0v) is 18.9. The number of amides is 3. The molecule has 174 valence electrons. The molecule has 0 aliphatic carbocycles. The van der Waals surface area contributed by atoms with Crippen molar-refractivity contribution in [2.75, 3.05) is 7.11 Å². The van der Waals surface area contributed by atoms with Crippen LogP contribution >= 0.6 is 0 Å². The van der Waals surface area contributed by atoms with E-state index < -0.39 is 29.8 Å². The number of nitrogens with zero attached hydrogens (tertiary/aromatic N) is 2. The van der Waals surface area contributed by atoms with Crippen LogP contribution in [-0.2, 0) is 16.0 Å². The fourth-order valence-electron chi connectivity index (χ4n) is 3.95. The molecule has 0 spiro atoms. The van der Waals surface area contributed by atoms with Gasteiger partial charge < -0.3 is 26.1 Å². The summed E-state index contributed by atoms with van der Waals surface area (Å²) in [5.74, 6) is -1.10. The molecule has 2 heterocycles. The second-order valence-corrected chi connectivity index (χ2v) is 8.33. The number of ether oxygens (including phenoxy) is 1. The van der Waals surface area contributed by atoms with Crippen molar-refractivity contribution in [1.82, 2.24) is 14.9 Å². The maximum Gasteiger partial charge on any atom is 0.265 e. The number of methoxy groups -OCH3 is 1. The predicted octanol–water partition coefficient (Wildman–Crippen LogP) is 1.94. The first kappa shape index (κ1) is 23.8. The van der Waals surface area contributed by atoms with Gasteiger partial charge in [-0.1, -0.05) is 26.0 Å². The molecule has 3 rings (SSSR count). The van der Waals surface area contributed by atoms with E-state index in [4.69, 9.17) is 16.2 Å². The molecule has 1 aromatic carbocycles. The van der Waals surface area contributed by atoms with Crippen LogP contribution in [0.1, 0.15) is 42.4 Å². The van der Waals surface area contributed by atoms with Gasteiger partial charge in [0.15, 0.2) is 0 Å². The summed E-state index contributed by atoms with van der Waals surface area (Å²) in [4.78, 5) is 42.0. The highest BCUT2D eigenvalue weighted by Gasteiger charge is 2.30. The first-order chi connectivity index (χ1) is 15.7. The quantitative estimate of drug-likeness (QED) is 0.432.